The van der Waals surface area contributed by atoms with E-state index in [9.17, 15) is 0 Å². The lowest BCUT2D eigenvalue weighted by atomic mass is 9.99. The SMILES string of the molecule is Cc1cccc(C2(CO)CO2)c1. The molecule has 2 heteroatoms. The van der Waals surface area contributed by atoms with Gasteiger partial charge >= 0.3 is 0 Å². The average Bonchev–Trinajstić information content (AvgIpc) is 2.84. The van der Waals surface area contributed by atoms with Crippen molar-refractivity contribution in [2.45, 2.75) is 12.5 Å². The maximum Gasteiger partial charge on any atom is 0.139 e. The average molecular weight is 164 g/mol. The van der Waals surface area contributed by atoms with E-state index >= 15 is 0 Å². The van der Waals surface area contributed by atoms with Crippen molar-refractivity contribution in [2.75, 3.05) is 13.2 Å². The van der Waals surface area contributed by atoms with Gasteiger partial charge < -0.3 is 9.84 Å². The molecule has 0 saturated carbocycles. The van der Waals surface area contributed by atoms with Gasteiger partial charge in [0, 0.05) is 0 Å². The summed E-state index contributed by atoms with van der Waals surface area (Å²) in [6, 6.07) is 8.08. The summed E-state index contributed by atoms with van der Waals surface area (Å²) in [5.74, 6) is 0. The number of ether oxygens (including phenoxy) is 1. The summed E-state index contributed by atoms with van der Waals surface area (Å²) in [4.78, 5) is 0. The fourth-order valence-electron chi connectivity index (χ4n) is 1.36. The van der Waals surface area contributed by atoms with Crippen molar-refractivity contribution >= 4 is 0 Å². The van der Waals surface area contributed by atoms with E-state index in [1.807, 2.05) is 25.1 Å². The normalized spacial score (nSPS) is 27.2. The topological polar surface area (TPSA) is 32.8 Å². The van der Waals surface area contributed by atoms with Gasteiger partial charge in [-0.2, -0.15) is 0 Å². The number of hydrogen-bond donors (Lipinski definition) is 1. The second-order valence-corrected chi connectivity index (χ2v) is 3.31. The third-order valence-electron chi connectivity index (χ3n) is 2.29. The Morgan fingerprint density at radius 2 is 2.33 bits per heavy atom. The van der Waals surface area contributed by atoms with E-state index in [1.165, 1.54) is 5.56 Å². The number of benzene rings is 1. The molecule has 12 heavy (non-hydrogen) atoms. The largest absolute Gasteiger partial charge is 0.393 e. The van der Waals surface area contributed by atoms with Crippen LogP contribution in [-0.4, -0.2) is 18.3 Å². The molecule has 1 heterocycles. The summed E-state index contributed by atoms with van der Waals surface area (Å²) < 4.78 is 5.24. The molecular weight excluding hydrogens is 152 g/mol. The van der Waals surface area contributed by atoms with Gasteiger partial charge in [0.05, 0.1) is 13.2 Å². The summed E-state index contributed by atoms with van der Waals surface area (Å²) in [6.45, 7) is 2.76. The van der Waals surface area contributed by atoms with Crippen LogP contribution in [0.1, 0.15) is 11.1 Å². The Bertz CT molecular complexity index is 290. The molecule has 64 valence electrons. The number of rotatable bonds is 2. The van der Waals surface area contributed by atoms with Crippen molar-refractivity contribution in [2.24, 2.45) is 0 Å². The minimum absolute atomic E-state index is 0.0798. The van der Waals surface area contributed by atoms with E-state index in [0.29, 0.717) is 6.61 Å². The molecule has 1 aromatic rings. The smallest absolute Gasteiger partial charge is 0.139 e. The molecule has 0 radical (unpaired) electrons. The zero-order valence-corrected chi connectivity index (χ0v) is 7.08. The highest BCUT2D eigenvalue weighted by atomic mass is 16.6. The molecule has 1 aromatic carbocycles. The number of aliphatic hydroxyl groups is 1. The predicted molar refractivity (Wildman–Crippen MR) is 45.9 cm³/mol. The van der Waals surface area contributed by atoms with E-state index in [2.05, 4.69) is 6.07 Å². The highest BCUT2D eigenvalue weighted by molar-refractivity contribution is 5.30. The van der Waals surface area contributed by atoms with Gasteiger partial charge in [-0.15, -0.1) is 0 Å². The van der Waals surface area contributed by atoms with Crippen LogP contribution in [0, 0.1) is 6.92 Å². The number of aryl methyl sites for hydroxylation is 1. The zero-order valence-electron chi connectivity index (χ0n) is 7.08. The molecular formula is C10H12O2. The minimum Gasteiger partial charge on any atom is -0.393 e. The first-order chi connectivity index (χ1) is 5.77. The molecule has 2 rings (SSSR count). The third-order valence-corrected chi connectivity index (χ3v) is 2.29. The molecule has 1 N–H and O–H groups in total. The maximum absolute atomic E-state index is 9.08. The van der Waals surface area contributed by atoms with Gasteiger partial charge in [0.15, 0.2) is 0 Å². The van der Waals surface area contributed by atoms with Gasteiger partial charge in [0.25, 0.3) is 0 Å². The second kappa shape index (κ2) is 2.57. The highest BCUT2D eigenvalue weighted by Crippen LogP contribution is 2.38. The van der Waals surface area contributed by atoms with Crippen molar-refractivity contribution in [1.29, 1.82) is 0 Å². The standard InChI is InChI=1S/C10H12O2/c1-8-3-2-4-9(5-8)10(6-11)7-12-10/h2-5,11H,6-7H2,1H3. The van der Waals surface area contributed by atoms with Gasteiger partial charge in [-0.05, 0) is 12.5 Å². The second-order valence-electron chi connectivity index (χ2n) is 3.31. The van der Waals surface area contributed by atoms with Crippen LogP contribution in [0.4, 0.5) is 0 Å². The fraction of sp³-hybridized carbons (Fsp3) is 0.400. The lowest BCUT2D eigenvalue weighted by molar-refractivity contribution is 0.172. The number of aliphatic hydroxyl groups excluding tert-OH is 1. The molecule has 1 unspecified atom stereocenters. The first kappa shape index (κ1) is 7.77. The van der Waals surface area contributed by atoms with Crippen LogP contribution >= 0.6 is 0 Å². The van der Waals surface area contributed by atoms with Crippen LogP contribution in [-0.2, 0) is 10.3 Å². The van der Waals surface area contributed by atoms with Gasteiger partial charge in [0.2, 0.25) is 0 Å². The van der Waals surface area contributed by atoms with Crippen LogP contribution in [0.2, 0.25) is 0 Å². The number of epoxide rings is 1. The summed E-state index contributed by atoms with van der Waals surface area (Å²) in [5.41, 5.74) is 1.92. The molecule has 1 fully saturated rings. The molecule has 0 amide bonds. The molecule has 1 aliphatic heterocycles. The molecule has 0 spiro atoms. The predicted octanol–water partition coefficient (Wildman–Crippen LogP) is 1.21. The van der Waals surface area contributed by atoms with Gasteiger partial charge in [-0.25, -0.2) is 0 Å². The van der Waals surface area contributed by atoms with E-state index in [-0.39, 0.29) is 12.2 Å². The van der Waals surface area contributed by atoms with E-state index in [0.717, 1.165) is 5.56 Å². The Morgan fingerprint density at radius 1 is 1.58 bits per heavy atom. The minimum atomic E-state index is -0.369. The molecule has 0 bridgehead atoms. The monoisotopic (exact) mass is 164 g/mol. The van der Waals surface area contributed by atoms with Crippen LogP contribution in [0.15, 0.2) is 24.3 Å². The molecule has 0 aliphatic carbocycles. The zero-order chi connectivity index (χ0) is 8.60. The van der Waals surface area contributed by atoms with Crippen molar-refractivity contribution < 1.29 is 9.84 Å². The molecule has 0 aromatic heterocycles. The Hall–Kier alpha value is -0.860. The first-order valence-corrected chi connectivity index (χ1v) is 4.09. The molecule has 1 aliphatic rings. The highest BCUT2D eigenvalue weighted by Gasteiger charge is 2.45. The maximum atomic E-state index is 9.08. The van der Waals surface area contributed by atoms with E-state index < -0.39 is 0 Å². The van der Waals surface area contributed by atoms with Crippen molar-refractivity contribution in [1.82, 2.24) is 0 Å². The van der Waals surface area contributed by atoms with Gasteiger partial charge in [0.1, 0.15) is 5.60 Å². The summed E-state index contributed by atoms with van der Waals surface area (Å²) in [5, 5.41) is 9.08. The van der Waals surface area contributed by atoms with Gasteiger partial charge in [-0.1, -0.05) is 29.8 Å². The Balaban J connectivity index is 2.34. The molecule has 1 saturated heterocycles. The van der Waals surface area contributed by atoms with E-state index in [4.69, 9.17) is 9.84 Å². The van der Waals surface area contributed by atoms with Crippen LogP contribution in [0.5, 0.6) is 0 Å². The Labute approximate surface area is 71.8 Å². The molecule has 2 nitrogen and oxygen atoms in total. The Kier molecular flexibility index (Phi) is 1.67. The van der Waals surface area contributed by atoms with Crippen LogP contribution < -0.4 is 0 Å². The quantitative estimate of drug-likeness (QED) is 0.666. The third kappa shape index (κ3) is 1.13. The summed E-state index contributed by atoms with van der Waals surface area (Å²) >= 11 is 0. The van der Waals surface area contributed by atoms with E-state index in [1.54, 1.807) is 0 Å². The summed E-state index contributed by atoms with van der Waals surface area (Å²) in [7, 11) is 0. The van der Waals surface area contributed by atoms with Gasteiger partial charge in [-0.3, -0.25) is 0 Å². The summed E-state index contributed by atoms with van der Waals surface area (Å²) in [6.07, 6.45) is 0. The van der Waals surface area contributed by atoms with Crippen LogP contribution in [0.3, 0.4) is 0 Å². The first-order valence-electron chi connectivity index (χ1n) is 4.09. The Morgan fingerprint density at radius 3 is 2.83 bits per heavy atom. The fourth-order valence-corrected chi connectivity index (χ4v) is 1.36. The van der Waals surface area contributed by atoms with Crippen molar-refractivity contribution in [3.8, 4) is 0 Å². The van der Waals surface area contributed by atoms with Crippen molar-refractivity contribution in [3.63, 3.8) is 0 Å². The van der Waals surface area contributed by atoms with Crippen LogP contribution in [0.25, 0.3) is 0 Å². The lowest BCUT2D eigenvalue weighted by Gasteiger charge is -2.08. The number of hydrogen-bond acceptors (Lipinski definition) is 2. The molecule has 1 atom stereocenters. The lowest BCUT2D eigenvalue weighted by Crippen LogP contribution is -2.13. The van der Waals surface area contributed by atoms with Crippen molar-refractivity contribution in [3.05, 3.63) is 35.4 Å².